The second kappa shape index (κ2) is 6.27. The van der Waals surface area contributed by atoms with Crippen molar-refractivity contribution in [1.29, 1.82) is 0 Å². The molecule has 0 bridgehead atoms. The lowest BCUT2D eigenvalue weighted by atomic mass is 9.87. The van der Waals surface area contributed by atoms with E-state index in [2.05, 4.69) is 49.8 Å². The SMILES string of the molecule is Cc1ccccc1[C@@H]1[C@H]2CNC[C@H]2CN1C(=O)c1nc(-n2cnnc2)n[nH]1. The Morgan fingerprint density at radius 1 is 1.19 bits per heavy atom. The Balaban J connectivity index is 1.49. The normalized spacial score (nSPS) is 24.3. The Kier molecular flexibility index (Phi) is 3.75. The highest BCUT2D eigenvalue weighted by molar-refractivity contribution is 5.91. The van der Waals surface area contributed by atoms with Crippen LogP contribution in [0.5, 0.6) is 0 Å². The number of benzene rings is 1. The molecular formula is C18H20N8O. The number of rotatable bonds is 3. The Morgan fingerprint density at radius 2 is 2.00 bits per heavy atom. The van der Waals surface area contributed by atoms with E-state index in [1.165, 1.54) is 23.8 Å². The molecule has 9 heteroatoms. The Labute approximate surface area is 155 Å². The first-order chi connectivity index (χ1) is 13.2. The number of nitrogens with zero attached hydrogens (tertiary/aromatic N) is 6. The molecule has 5 rings (SSSR count). The predicted molar refractivity (Wildman–Crippen MR) is 96.1 cm³/mol. The number of carbonyl (C=O) groups excluding carboxylic acids is 1. The van der Waals surface area contributed by atoms with Gasteiger partial charge in [-0.1, -0.05) is 24.3 Å². The minimum absolute atomic E-state index is 0.0437. The molecule has 4 heterocycles. The van der Waals surface area contributed by atoms with Gasteiger partial charge in [-0.3, -0.25) is 14.5 Å². The molecule has 3 atom stereocenters. The summed E-state index contributed by atoms with van der Waals surface area (Å²) in [7, 11) is 0. The maximum absolute atomic E-state index is 13.3. The smallest absolute Gasteiger partial charge is 0.291 e. The van der Waals surface area contributed by atoms with Gasteiger partial charge in [0.05, 0.1) is 6.04 Å². The number of amides is 1. The van der Waals surface area contributed by atoms with Gasteiger partial charge in [0.15, 0.2) is 0 Å². The third-order valence-corrected chi connectivity index (χ3v) is 5.66. The summed E-state index contributed by atoms with van der Waals surface area (Å²) in [4.78, 5) is 19.6. The van der Waals surface area contributed by atoms with E-state index in [1.54, 1.807) is 4.57 Å². The molecular weight excluding hydrogens is 344 g/mol. The van der Waals surface area contributed by atoms with Gasteiger partial charge in [0, 0.05) is 25.6 Å². The maximum atomic E-state index is 13.3. The number of likely N-dealkylation sites (tertiary alicyclic amines) is 1. The van der Waals surface area contributed by atoms with Gasteiger partial charge in [-0.2, -0.15) is 4.98 Å². The van der Waals surface area contributed by atoms with Crippen molar-refractivity contribution < 1.29 is 4.79 Å². The van der Waals surface area contributed by atoms with Crippen LogP contribution in [0.15, 0.2) is 36.9 Å². The molecule has 2 saturated heterocycles. The fourth-order valence-electron chi connectivity index (χ4n) is 4.35. The highest BCUT2D eigenvalue weighted by Gasteiger charge is 2.47. The quantitative estimate of drug-likeness (QED) is 0.710. The van der Waals surface area contributed by atoms with Crippen LogP contribution in [-0.4, -0.2) is 60.4 Å². The van der Waals surface area contributed by atoms with Crippen molar-refractivity contribution in [3.63, 3.8) is 0 Å². The number of H-pyrrole nitrogens is 1. The molecule has 2 aromatic heterocycles. The summed E-state index contributed by atoms with van der Waals surface area (Å²) < 4.78 is 1.56. The molecule has 0 aliphatic carbocycles. The second-order valence-electron chi connectivity index (χ2n) is 7.19. The monoisotopic (exact) mass is 364 g/mol. The zero-order valence-electron chi connectivity index (χ0n) is 14.9. The number of nitrogens with one attached hydrogen (secondary N) is 2. The predicted octanol–water partition coefficient (Wildman–Crippen LogP) is 0.727. The van der Waals surface area contributed by atoms with Crippen LogP contribution < -0.4 is 5.32 Å². The standard InChI is InChI=1S/C18H20N8O/c1-11-4-2-3-5-13(11)15-14-7-19-6-12(14)8-26(15)17(27)16-22-18(24-23-16)25-9-20-21-10-25/h2-5,9-10,12,14-15,19H,6-8H2,1H3,(H,22,23,24)/t12-,14-,15+/m0/s1. The van der Waals surface area contributed by atoms with Crippen molar-refractivity contribution in [3.8, 4) is 5.95 Å². The van der Waals surface area contributed by atoms with Gasteiger partial charge in [-0.05, 0) is 24.0 Å². The molecule has 1 amide bonds. The average Bonchev–Trinajstić information content (AvgIpc) is 3.44. The average molecular weight is 364 g/mol. The van der Waals surface area contributed by atoms with Crippen LogP contribution in [-0.2, 0) is 0 Å². The van der Waals surface area contributed by atoms with E-state index in [4.69, 9.17) is 0 Å². The van der Waals surface area contributed by atoms with E-state index in [0.29, 0.717) is 17.8 Å². The lowest BCUT2D eigenvalue weighted by molar-refractivity contribution is 0.0701. The first kappa shape index (κ1) is 16.1. The van der Waals surface area contributed by atoms with Gasteiger partial charge in [0.2, 0.25) is 5.82 Å². The molecule has 138 valence electrons. The van der Waals surface area contributed by atoms with Gasteiger partial charge in [0.1, 0.15) is 12.7 Å². The number of aromatic amines is 1. The van der Waals surface area contributed by atoms with Crippen molar-refractivity contribution in [1.82, 2.24) is 40.2 Å². The van der Waals surface area contributed by atoms with E-state index >= 15 is 0 Å². The summed E-state index contributed by atoms with van der Waals surface area (Å²) in [5.41, 5.74) is 2.41. The number of fused-ring (bicyclic) bond motifs is 1. The summed E-state index contributed by atoms with van der Waals surface area (Å²) in [5, 5.41) is 17.9. The van der Waals surface area contributed by atoms with Gasteiger partial charge in [-0.15, -0.1) is 15.3 Å². The molecule has 2 aliphatic heterocycles. The van der Waals surface area contributed by atoms with Crippen molar-refractivity contribution in [2.45, 2.75) is 13.0 Å². The molecule has 0 saturated carbocycles. The van der Waals surface area contributed by atoms with Crippen LogP contribution in [0.1, 0.15) is 27.8 Å². The highest BCUT2D eigenvalue weighted by Crippen LogP contribution is 2.43. The van der Waals surface area contributed by atoms with Crippen LogP contribution in [0.25, 0.3) is 5.95 Å². The maximum Gasteiger partial charge on any atom is 0.291 e. The first-order valence-corrected chi connectivity index (χ1v) is 9.07. The van der Waals surface area contributed by atoms with Gasteiger partial charge in [-0.25, -0.2) is 0 Å². The van der Waals surface area contributed by atoms with E-state index in [-0.39, 0.29) is 17.8 Å². The Bertz CT molecular complexity index is 965. The summed E-state index contributed by atoms with van der Waals surface area (Å²) in [5.74, 6) is 1.35. The molecule has 0 spiro atoms. The number of aryl methyl sites for hydroxylation is 1. The summed E-state index contributed by atoms with van der Waals surface area (Å²) >= 11 is 0. The third kappa shape index (κ3) is 2.62. The number of hydrogen-bond acceptors (Lipinski definition) is 6. The first-order valence-electron chi connectivity index (χ1n) is 9.07. The third-order valence-electron chi connectivity index (χ3n) is 5.66. The van der Waals surface area contributed by atoms with Crippen LogP contribution in [0.3, 0.4) is 0 Å². The summed E-state index contributed by atoms with van der Waals surface area (Å²) in [6.45, 7) is 4.69. The fraction of sp³-hybridized carbons (Fsp3) is 0.389. The summed E-state index contributed by atoms with van der Waals surface area (Å²) in [6, 6.07) is 8.35. The Hall–Kier alpha value is -3.07. The minimum Gasteiger partial charge on any atom is -0.328 e. The van der Waals surface area contributed by atoms with Crippen molar-refractivity contribution in [2.24, 2.45) is 11.8 Å². The van der Waals surface area contributed by atoms with Gasteiger partial charge in [0.25, 0.3) is 11.9 Å². The van der Waals surface area contributed by atoms with Crippen molar-refractivity contribution in [3.05, 3.63) is 53.9 Å². The molecule has 0 unspecified atom stereocenters. The van der Waals surface area contributed by atoms with Gasteiger partial charge < -0.3 is 10.2 Å². The largest absolute Gasteiger partial charge is 0.328 e. The molecule has 1 aromatic carbocycles. The number of aromatic nitrogens is 6. The molecule has 2 N–H and O–H groups in total. The highest BCUT2D eigenvalue weighted by atomic mass is 16.2. The summed E-state index contributed by atoms with van der Waals surface area (Å²) in [6.07, 6.45) is 3.00. The van der Waals surface area contributed by atoms with Gasteiger partial charge >= 0.3 is 0 Å². The second-order valence-corrected chi connectivity index (χ2v) is 7.19. The molecule has 2 fully saturated rings. The lowest BCUT2D eigenvalue weighted by Crippen LogP contribution is -2.35. The van der Waals surface area contributed by atoms with Crippen LogP contribution in [0, 0.1) is 18.8 Å². The molecule has 3 aromatic rings. The topological polar surface area (TPSA) is 105 Å². The van der Waals surface area contributed by atoms with Crippen LogP contribution in [0.4, 0.5) is 0 Å². The van der Waals surface area contributed by atoms with Crippen molar-refractivity contribution >= 4 is 5.91 Å². The molecule has 2 aliphatic rings. The van der Waals surface area contributed by atoms with E-state index < -0.39 is 0 Å². The van der Waals surface area contributed by atoms with E-state index in [1.807, 2.05) is 17.0 Å². The van der Waals surface area contributed by atoms with E-state index in [0.717, 1.165) is 19.6 Å². The minimum atomic E-state index is -0.121. The van der Waals surface area contributed by atoms with E-state index in [9.17, 15) is 4.79 Å². The van der Waals surface area contributed by atoms with Crippen LogP contribution >= 0.6 is 0 Å². The van der Waals surface area contributed by atoms with Crippen molar-refractivity contribution in [2.75, 3.05) is 19.6 Å². The molecule has 9 nitrogen and oxygen atoms in total. The Morgan fingerprint density at radius 3 is 2.81 bits per heavy atom. The number of hydrogen-bond donors (Lipinski definition) is 2. The zero-order chi connectivity index (χ0) is 18.4. The number of carbonyl (C=O) groups is 1. The fourth-order valence-corrected chi connectivity index (χ4v) is 4.35. The van der Waals surface area contributed by atoms with Crippen LogP contribution in [0.2, 0.25) is 0 Å². The lowest BCUT2D eigenvalue weighted by Gasteiger charge is -2.28. The molecule has 27 heavy (non-hydrogen) atoms. The zero-order valence-corrected chi connectivity index (χ0v) is 14.9. The molecule has 0 radical (unpaired) electrons.